The Bertz CT molecular complexity index is 443. The van der Waals surface area contributed by atoms with Crippen LogP contribution in [0.15, 0.2) is 36.1 Å². The molecule has 2 rings (SSSR count). The van der Waals surface area contributed by atoms with Gasteiger partial charge in [0.15, 0.2) is 0 Å². The average molecular weight is 260 g/mol. The van der Waals surface area contributed by atoms with E-state index in [9.17, 15) is 0 Å². The van der Waals surface area contributed by atoms with Crippen LogP contribution in [0.3, 0.4) is 0 Å². The van der Waals surface area contributed by atoms with Crippen LogP contribution in [0.25, 0.3) is 0 Å². The number of nitrogens with two attached hydrogens (primary N) is 1. The molecular formula is C16H24N2O. The summed E-state index contributed by atoms with van der Waals surface area (Å²) in [7, 11) is 0. The van der Waals surface area contributed by atoms with Crippen LogP contribution in [0.1, 0.15) is 50.8 Å². The summed E-state index contributed by atoms with van der Waals surface area (Å²) in [6.07, 6.45) is 3.95. The number of hydrogen-bond acceptors (Lipinski definition) is 3. The highest BCUT2D eigenvalue weighted by atomic mass is 16.5. The molecule has 0 aliphatic carbocycles. The number of benzene rings is 1. The van der Waals surface area contributed by atoms with Gasteiger partial charge in [0.05, 0.1) is 18.9 Å². The van der Waals surface area contributed by atoms with Crippen LogP contribution in [0, 0.1) is 0 Å². The van der Waals surface area contributed by atoms with Gasteiger partial charge in [0.25, 0.3) is 0 Å². The number of rotatable bonds is 3. The second-order valence-corrected chi connectivity index (χ2v) is 6.14. The van der Waals surface area contributed by atoms with Crippen LogP contribution < -0.4 is 11.3 Å². The third-order valence-corrected chi connectivity index (χ3v) is 3.61. The Morgan fingerprint density at radius 3 is 2.37 bits per heavy atom. The molecule has 1 aliphatic rings. The van der Waals surface area contributed by atoms with E-state index in [1.54, 1.807) is 0 Å². The molecule has 3 heteroatoms. The Kier molecular flexibility index (Phi) is 4.27. The number of hydrogen-bond donors (Lipinski definition) is 2. The molecule has 3 nitrogen and oxygen atoms in total. The van der Waals surface area contributed by atoms with Crippen LogP contribution in [-0.4, -0.2) is 6.61 Å². The van der Waals surface area contributed by atoms with Gasteiger partial charge >= 0.3 is 0 Å². The van der Waals surface area contributed by atoms with Gasteiger partial charge in [-0.2, -0.15) is 0 Å². The van der Waals surface area contributed by atoms with Gasteiger partial charge < -0.3 is 4.74 Å². The molecule has 0 saturated heterocycles. The molecule has 0 bridgehead atoms. The van der Waals surface area contributed by atoms with Crippen molar-refractivity contribution in [2.45, 2.75) is 45.1 Å². The van der Waals surface area contributed by atoms with Crippen molar-refractivity contribution < 1.29 is 4.74 Å². The van der Waals surface area contributed by atoms with Gasteiger partial charge in [-0.05, 0) is 35.0 Å². The van der Waals surface area contributed by atoms with Gasteiger partial charge in [-0.1, -0.05) is 45.0 Å². The van der Waals surface area contributed by atoms with Gasteiger partial charge in [-0.3, -0.25) is 5.84 Å². The van der Waals surface area contributed by atoms with Crippen molar-refractivity contribution >= 4 is 0 Å². The van der Waals surface area contributed by atoms with Crippen LogP contribution in [0.4, 0.5) is 0 Å². The zero-order valence-corrected chi connectivity index (χ0v) is 12.1. The zero-order valence-electron chi connectivity index (χ0n) is 12.1. The molecule has 0 saturated carbocycles. The van der Waals surface area contributed by atoms with Gasteiger partial charge in [-0.25, -0.2) is 5.43 Å². The Balaban J connectivity index is 2.22. The van der Waals surface area contributed by atoms with Crippen LogP contribution in [0.5, 0.6) is 0 Å². The first-order valence-electron chi connectivity index (χ1n) is 6.89. The number of ether oxygens (including phenoxy) is 1. The molecule has 3 N–H and O–H groups in total. The highest BCUT2D eigenvalue weighted by Crippen LogP contribution is 2.29. The summed E-state index contributed by atoms with van der Waals surface area (Å²) < 4.78 is 5.41. The molecular weight excluding hydrogens is 236 g/mol. The largest absolute Gasteiger partial charge is 0.501 e. The summed E-state index contributed by atoms with van der Waals surface area (Å²) in [5.74, 6) is 5.71. The minimum atomic E-state index is 0.0503. The standard InChI is InChI=1S/C16H24N2O/c1-16(2,3)14-8-6-12(7-9-14)15(18-17)13-5-4-10-19-11-13/h6-9,11,15,18H,4-5,10,17H2,1-3H3. The summed E-state index contributed by atoms with van der Waals surface area (Å²) in [6, 6.07) is 8.73. The van der Waals surface area contributed by atoms with Crippen molar-refractivity contribution in [3.8, 4) is 0 Å². The third-order valence-electron chi connectivity index (χ3n) is 3.61. The maximum Gasteiger partial charge on any atom is 0.0876 e. The first-order chi connectivity index (χ1) is 9.02. The predicted octanol–water partition coefficient (Wildman–Crippen LogP) is 3.18. The molecule has 1 aliphatic heterocycles. The third kappa shape index (κ3) is 3.37. The number of hydrazine groups is 1. The maximum atomic E-state index is 5.71. The SMILES string of the molecule is CC(C)(C)c1ccc(C(NN)C2=COCCC2)cc1. The Morgan fingerprint density at radius 2 is 1.89 bits per heavy atom. The fourth-order valence-corrected chi connectivity index (χ4v) is 2.39. The monoisotopic (exact) mass is 260 g/mol. The van der Waals surface area contributed by atoms with E-state index in [1.165, 1.54) is 16.7 Å². The van der Waals surface area contributed by atoms with Crippen LogP contribution in [-0.2, 0) is 10.2 Å². The van der Waals surface area contributed by atoms with E-state index in [0.717, 1.165) is 19.4 Å². The smallest absolute Gasteiger partial charge is 0.0876 e. The van der Waals surface area contributed by atoms with Crippen molar-refractivity contribution in [2.75, 3.05) is 6.61 Å². The molecule has 0 spiro atoms. The topological polar surface area (TPSA) is 47.3 Å². The van der Waals surface area contributed by atoms with E-state index >= 15 is 0 Å². The fraction of sp³-hybridized carbons (Fsp3) is 0.500. The van der Waals surface area contributed by atoms with E-state index < -0.39 is 0 Å². The molecule has 1 heterocycles. The lowest BCUT2D eigenvalue weighted by molar-refractivity contribution is 0.219. The van der Waals surface area contributed by atoms with Crippen LogP contribution in [0.2, 0.25) is 0 Å². The van der Waals surface area contributed by atoms with E-state index in [1.807, 2.05) is 6.26 Å². The predicted molar refractivity (Wildman–Crippen MR) is 78.5 cm³/mol. The van der Waals surface area contributed by atoms with Crippen molar-refractivity contribution in [1.29, 1.82) is 0 Å². The van der Waals surface area contributed by atoms with E-state index in [4.69, 9.17) is 10.6 Å². The molecule has 0 aromatic heterocycles. The highest BCUT2D eigenvalue weighted by molar-refractivity contribution is 5.33. The molecule has 0 radical (unpaired) electrons. The lowest BCUT2D eigenvalue weighted by atomic mass is 9.85. The normalized spacial score (nSPS) is 17.6. The molecule has 1 unspecified atom stereocenters. The van der Waals surface area contributed by atoms with E-state index in [0.29, 0.717) is 0 Å². The van der Waals surface area contributed by atoms with Crippen molar-refractivity contribution in [3.63, 3.8) is 0 Å². The van der Waals surface area contributed by atoms with Gasteiger partial charge in [0, 0.05) is 0 Å². The van der Waals surface area contributed by atoms with E-state index in [-0.39, 0.29) is 11.5 Å². The zero-order chi connectivity index (χ0) is 13.9. The molecule has 0 fully saturated rings. The molecule has 0 amide bonds. The highest BCUT2D eigenvalue weighted by Gasteiger charge is 2.19. The molecule has 1 atom stereocenters. The number of nitrogens with one attached hydrogen (secondary N) is 1. The van der Waals surface area contributed by atoms with E-state index in [2.05, 4.69) is 50.5 Å². The summed E-state index contributed by atoms with van der Waals surface area (Å²) in [5.41, 5.74) is 6.82. The van der Waals surface area contributed by atoms with Crippen molar-refractivity contribution in [2.24, 2.45) is 5.84 Å². The summed E-state index contributed by atoms with van der Waals surface area (Å²) in [4.78, 5) is 0. The van der Waals surface area contributed by atoms with Crippen molar-refractivity contribution in [1.82, 2.24) is 5.43 Å². The molecule has 1 aromatic carbocycles. The van der Waals surface area contributed by atoms with Gasteiger partial charge in [0.1, 0.15) is 0 Å². The molecule has 19 heavy (non-hydrogen) atoms. The summed E-state index contributed by atoms with van der Waals surface area (Å²) >= 11 is 0. The second kappa shape index (κ2) is 5.76. The minimum Gasteiger partial charge on any atom is -0.501 e. The lowest BCUT2D eigenvalue weighted by Gasteiger charge is -2.24. The maximum absolute atomic E-state index is 5.71. The molecule has 1 aromatic rings. The Labute approximate surface area is 115 Å². The van der Waals surface area contributed by atoms with Crippen LogP contribution >= 0.6 is 0 Å². The average Bonchev–Trinajstić information content (AvgIpc) is 2.40. The lowest BCUT2D eigenvalue weighted by Crippen LogP contribution is -2.30. The van der Waals surface area contributed by atoms with Gasteiger partial charge in [0.2, 0.25) is 0 Å². The second-order valence-electron chi connectivity index (χ2n) is 6.14. The van der Waals surface area contributed by atoms with Gasteiger partial charge in [-0.15, -0.1) is 0 Å². The minimum absolute atomic E-state index is 0.0503. The molecule has 104 valence electrons. The first kappa shape index (κ1) is 14.1. The fourth-order valence-electron chi connectivity index (χ4n) is 2.39. The summed E-state index contributed by atoms with van der Waals surface area (Å²) in [6.45, 7) is 7.47. The first-order valence-corrected chi connectivity index (χ1v) is 6.89. The quantitative estimate of drug-likeness (QED) is 0.648. The summed E-state index contributed by atoms with van der Waals surface area (Å²) in [5, 5.41) is 0. The Morgan fingerprint density at radius 1 is 1.21 bits per heavy atom. The van der Waals surface area contributed by atoms with Crippen molar-refractivity contribution in [3.05, 3.63) is 47.2 Å². The Hall–Kier alpha value is -1.32.